The Balaban J connectivity index is 1.55. The maximum Gasteiger partial charge on any atom is 0.249 e. The Morgan fingerprint density at radius 3 is 2.96 bits per heavy atom. The smallest absolute Gasteiger partial charge is 0.249 e. The van der Waals surface area contributed by atoms with Crippen molar-refractivity contribution in [1.29, 1.82) is 0 Å². The second-order valence-electron chi connectivity index (χ2n) is 6.23. The summed E-state index contributed by atoms with van der Waals surface area (Å²) < 4.78 is 6.01. The summed E-state index contributed by atoms with van der Waals surface area (Å²) in [5, 5.41) is 3.32. The predicted molar refractivity (Wildman–Crippen MR) is 89.6 cm³/mol. The van der Waals surface area contributed by atoms with Crippen molar-refractivity contribution < 1.29 is 4.79 Å². The van der Waals surface area contributed by atoms with Gasteiger partial charge in [0.2, 0.25) is 11.0 Å². The molecular formula is C14H16N8OS. The molecule has 124 valence electrons. The molecule has 0 saturated heterocycles. The fraction of sp³-hybridized carbons (Fsp3) is 0.429. The highest BCUT2D eigenvalue weighted by molar-refractivity contribution is 7.09. The number of amides is 1. The number of carbonyl (C=O) groups excluding carboxylic acids is 1. The molecule has 3 heterocycles. The summed E-state index contributed by atoms with van der Waals surface area (Å²) in [6, 6.07) is -0.520. The predicted octanol–water partition coefficient (Wildman–Crippen LogP) is 1.51. The van der Waals surface area contributed by atoms with Gasteiger partial charge in [0.05, 0.1) is 6.33 Å². The number of rotatable bonds is 4. The van der Waals surface area contributed by atoms with Crippen molar-refractivity contribution >= 4 is 39.6 Å². The van der Waals surface area contributed by atoms with E-state index in [0.717, 1.165) is 18.7 Å². The second kappa shape index (κ2) is 5.20. The van der Waals surface area contributed by atoms with Gasteiger partial charge in [0.25, 0.3) is 0 Å². The van der Waals surface area contributed by atoms with Crippen molar-refractivity contribution in [3.8, 4) is 0 Å². The average molecular weight is 344 g/mol. The molecule has 3 aromatic heterocycles. The number of anilines is 2. The molecule has 3 aromatic rings. The number of fused-ring (bicyclic) bond motifs is 1. The van der Waals surface area contributed by atoms with Gasteiger partial charge in [-0.15, -0.1) is 0 Å². The normalized spacial score (nSPS) is 16.9. The maximum absolute atomic E-state index is 12.5. The number of hydrogen-bond acceptors (Lipinski definition) is 8. The van der Waals surface area contributed by atoms with Crippen LogP contribution < -0.4 is 11.1 Å². The van der Waals surface area contributed by atoms with Crippen molar-refractivity contribution in [1.82, 2.24) is 28.9 Å². The molecular weight excluding hydrogens is 328 g/mol. The largest absolute Gasteiger partial charge is 0.382 e. The Kier molecular flexibility index (Phi) is 3.23. The number of imidazole rings is 1. The molecule has 0 bridgehead atoms. The average Bonchev–Trinajstić information content (AvgIpc) is 3.00. The summed E-state index contributed by atoms with van der Waals surface area (Å²) >= 11 is 1.20. The van der Waals surface area contributed by atoms with Gasteiger partial charge in [-0.05, 0) is 19.8 Å². The Morgan fingerprint density at radius 2 is 2.21 bits per heavy atom. The Hall–Kier alpha value is -2.62. The van der Waals surface area contributed by atoms with Crippen LogP contribution in [0, 0.1) is 0 Å². The van der Waals surface area contributed by atoms with Crippen LogP contribution in [0.5, 0.6) is 0 Å². The number of carbonyl (C=O) groups is 1. The third kappa shape index (κ3) is 2.39. The molecule has 9 nitrogen and oxygen atoms in total. The van der Waals surface area contributed by atoms with Gasteiger partial charge in [-0.3, -0.25) is 10.1 Å². The molecule has 3 N–H and O–H groups in total. The molecule has 1 atom stereocenters. The fourth-order valence-electron chi connectivity index (χ4n) is 2.42. The van der Waals surface area contributed by atoms with E-state index in [-0.39, 0.29) is 17.1 Å². The van der Waals surface area contributed by atoms with Gasteiger partial charge in [-0.25, -0.2) is 19.9 Å². The van der Waals surface area contributed by atoms with E-state index in [1.807, 2.05) is 0 Å². The second-order valence-corrected chi connectivity index (χ2v) is 6.98. The molecule has 10 heteroatoms. The molecule has 1 aliphatic carbocycles. The lowest BCUT2D eigenvalue weighted by atomic mass is 10.1. The standard InChI is InChI=1S/C14H16N8OS/c1-7(22-6-18-8-9(15)16-5-17-10(8)22)11(23)19-13-20-12(21-24-13)14(2)3-4-14/h5-7H,3-4H2,1-2H3,(H2,15,16,17)(H,19,20,21,23). The van der Waals surface area contributed by atoms with E-state index in [1.165, 1.54) is 24.2 Å². The number of hydrogen-bond donors (Lipinski definition) is 2. The molecule has 1 aliphatic rings. The van der Waals surface area contributed by atoms with Gasteiger partial charge in [0.15, 0.2) is 17.3 Å². The van der Waals surface area contributed by atoms with Crippen LogP contribution in [-0.2, 0) is 10.2 Å². The number of nitrogen functional groups attached to an aromatic ring is 1. The quantitative estimate of drug-likeness (QED) is 0.735. The van der Waals surface area contributed by atoms with Crippen molar-refractivity contribution in [3.05, 3.63) is 18.5 Å². The summed E-state index contributed by atoms with van der Waals surface area (Å²) in [7, 11) is 0. The molecule has 0 aromatic carbocycles. The molecule has 1 saturated carbocycles. The van der Waals surface area contributed by atoms with Gasteiger partial charge in [-0.1, -0.05) is 6.92 Å². The van der Waals surface area contributed by atoms with E-state index in [0.29, 0.717) is 16.3 Å². The van der Waals surface area contributed by atoms with E-state index in [1.54, 1.807) is 11.5 Å². The number of aromatic nitrogens is 6. The van der Waals surface area contributed by atoms with E-state index < -0.39 is 6.04 Å². The van der Waals surface area contributed by atoms with Gasteiger partial charge in [0, 0.05) is 16.9 Å². The molecule has 0 aliphatic heterocycles. The molecule has 1 amide bonds. The summed E-state index contributed by atoms with van der Waals surface area (Å²) in [4.78, 5) is 29.2. The minimum Gasteiger partial charge on any atom is -0.382 e. The number of nitrogens with two attached hydrogens (primary N) is 1. The first-order valence-corrected chi connectivity index (χ1v) is 8.33. The Labute approximate surface area is 141 Å². The first kappa shape index (κ1) is 14.9. The van der Waals surface area contributed by atoms with Gasteiger partial charge < -0.3 is 10.3 Å². The first-order chi connectivity index (χ1) is 11.5. The molecule has 0 spiro atoms. The topological polar surface area (TPSA) is 124 Å². The zero-order valence-corrected chi connectivity index (χ0v) is 14.0. The van der Waals surface area contributed by atoms with Crippen LogP contribution in [-0.4, -0.2) is 34.8 Å². The Morgan fingerprint density at radius 1 is 1.42 bits per heavy atom. The minimum atomic E-state index is -0.520. The molecule has 4 rings (SSSR count). The summed E-state index contributed by atoms with van der Waals surface area (Å²) in [5.41, 5.74) is 6.86. The fourth-order valence-corrected chi connectivity index (χ4v) is 3.13. The SMILES string of the molecule is CC(C(=O)Nc1nc(C2(C)CC2)ns1)n1cnc2c(N)ncnc21. The van der Waals surface area contributed by atoms with Crippen molar-refractivity contribution in [2.24, 2.45) is 0 Å². The van der Waals surface area contributed by atoms with Crippen LogP contribution in [0.3, 0.4) is 0 Å². The van der Waals surface area contributed by atoms with Gasteiger partial charge in [-0.2, -0.15) is 4.37 Å². The van der Waals surface area contributed by atoms with Crippen molar-refractivity contribution in [3.63, 3.8) is 0 Å². The zero-order chi connectivity index (χ0) is 16.9. The summed E-state index contributed by atoms with van der Waals surface area (Å²) in [6.45, 7) is 3.89. The zero-order valence-electron chi connectivity index (χ0n) is 13.2. The van der Waals surface area contributed by atoms with E-state index in [4.69, 9.17) is 5.73 Å². The molecule has 0 radical (unpaired) electrons. The summed E-state index contributed by atoms with van der Waals surface area (Å²) in [5.74, 6) is 0.886. The van der Waals surface area contributed by atoms with Crippen LogP contribution in [0.1, 0.15) is 38.6 Å². The van der Waals surface area contributed by atoms with Crippen LogP contribution in [0.25, 0.3) is 11.2 Å². The Bertz CT molecular complexity index is 928. The highest BCUT2D eigenvalue weighted by atomic mass is 32.1. The third-order valence-electron chi connectivity index (χ3n) is 4.38. The highest BCUT2D eigenvalue weighted by Gasteiger charge is 2.43. The highest BCUT2D eigenvalue weighted by Crippen LogP contribution is 2.46. The maximum atomic E-state index is 12.5. The van der Waals surface area contributed by atoms with Crippen LogP contribution in [0.15, 0.2) is 12.7 Å². The van der Waals surface area contributed by atoms with E-state index in [2.05, 4.69) is 36.5 Å². The van der Waals surface area contributed by atoms with Gasteiger partial charge >= 0.3 is 0 Å². The molecule has 1 fully saturated rings. The van der Waals surface area contributed by atoms with Crippen molar-refractivity contribution in [2.45, 2.75) is 38.1 Å². The van der Waals surface area contributed by atoms with E-state index in [9.17, 15) is 4.79 Å². The van der Waals surface area contributed by atoms with E-state index >= 15 is 0 Å². The lowest BCUT2D eigenvalue weighted by Gasteiger charge is -2.12. The van der Waals surface area contributed by atoms with Crippen LogP contribution >= 0.6 is 11.5 Å². The van der Waals surface area contributed by atoms with Crippen LogP contribution in [0.2, 0.25) is 0 Å². The molecule has 1 unspecified atom stereocenters. The van der Waals surface area contributed by atoms with Gasteiger partial charge in [0.1, 0.15) is 17.9 Å². The number of nitrogens with one attached hydrogen (secondary N) is 1. The van der Waals surface area contributed by atoms with Crippen molar-refractivity contribution in [2.75, 3.05) is 11.1 Å². The third-order valence-corrected chi connectivity index (χ3v) is 5.01. The lowest BCUT2D eigenvalue weighted by Crippen LogP contribution is -2.23. The first-order valence-electron chi connectivity index (χ1n) is 7.56. The minimum absolute atomic E-state index is 0.0834. The summed E-state index contributed by atoms with van der Waals surface area (Å²) in [6.07, 6.45) is 5.08. The molecule has 24 heavy (non-hydrogen) atoms. The van der Waals surface area contributed by atoms with Crippen LogP contribution in [0.4, 0.5) is 10.9 Å². The monoisotopic (exact) mass is 344 g/mol. The number of nitrogens with zero attached hydrogens (tertiary/aromatic N) is 6. The lowest BCUT2D eigenvalue weighted by molar-refractivity contribution is -0.118.